The molecule has 0 aromatic heterocycles. The highest BCUT2D eigenvalue weighted by Gasteiger charge is 2.36. The number of ether oxygens (including phenoxy) is 2. The Labute approximate surface area is 194 Å². The molecule has 1 saturated carbocycles. The molecule has 0 amide bonds. The molecule has 1 heterocycles. The molecule has 0 bridgehead atoms. The van der Waals surface area contributed by atoms with Crippen LogP contribution in [0.5, 0.6) is 0 Å². The molecule has 0 spiro atoms. The van der Waals surface area contributed by atoms with Crippen LogP contribution in [0.2, 0.25) is 0 Å². The van der Waals surface area contributed by atoms with Crippen LogP contribution in [0, 0.1) is 0 Å². The first kappa shape index (κ1) is 23.9. The second-order valence-electron chi connectivity index (χ2n) is 7.77. The van der Waals surface area contributed by atoms with E-state index in [0.29, 0.717) is 0 Å². The third-order valence-electron chi connectivity index (χ3n) is 6.25. The smallest absolute Gasteiger partial charge is 0.191 e. The molecule has 2 aliphatic rings. The van der Waals surface area contributed by atoms with Gasteiger partial charge in [0.2, 0.25) is 0 Å². The molecule has 1 aromatic rings. The molecule has 3 rings (SSSR count). The van der Waals surface area contributed by atoms with Gasteiger partial charge in [-0.15, -0.1) is 24.0 Å². The minimum Gasteiger partial charge on any atom is -0.381 e. The highest BCUT2D eigenvalue weighted by molar-refractivity contribution is 14.0. The SMILES string of the molecule is CN=C(NCC1(OC)CCOCC1)NCC1(c2ccc(Br)cc2)CCCC1.I. The van der Waals surface area contributed by atoms with Crippen LogP contribution in [0.15, 0.2) is 33.7 Å². The molecule has 1 aromatic carbocycles. The summed E-state index contributed by atoms with van der Waals surface area (Å²) in [6, 6.07) is 8.82. The van der Waals surface area contributed by atoms with E-state index in [-0.39, 0.29) is 35.0 Å². The van der Waals surface area contributed by atoms with E-state index >= 15 is 0 Å². The van der Waals surface area contributed by atoms with Gasteiger partial charge in [0.25, 0.3) is 0 Å². The van der Waals surface area contributed by atoms with Gasteiger partial charge in [0, 0.05) is 63.2 Å². The Hall–Kier alpha value is -0.380. The van der Waals surface area contributed by atoms with Crippen molar-refractivity contribution in [3.63, 3.8) is 0 Å². The first-order chi connectivity index (χ1) is 13.1. The molecule has 1 saturated heterocycles. The molecular formula is C21H33BrIN3O2. The van der Waals surface area contributed by atoms with Crippen molar-refractivity contribution in [1.82, 2.24) is 10.6 Å². The van der Waals surface area contributed by atoms with Gasteiger partial charge in [0.1, 0.15) is 0 Å². The lowest BCUT2D eigenvalue weighted by Crippen LogP contribution is -2.52. The number of benzene rings is 1. The second kappa shape index (κ2) is 11.1. The molecular weight excluding hydrogens is 533 g/mol. The van der Waals surface area contributed by atoms with Gasteiger partial charge >= 0.3 is 0 Å². The molecule has 2 N–H and O–H groups in total. The third kappa shape index (κ3) is 5.83. The monoisotopic (exact) mass is 565 g/mol. The Bertz CT molecular complexity index is 627. The van der Waals surface area contributed by atoms with E-state index in [1.165, 1.54) is 31.2 Å². The standard InChI is InChI=1S/C21H32BrN3O2.HI/c1-23-19(25-16-21(26-2)11-13-27-14-12-21)24-15-20(9-3-4-10-20)17-5-7-18(22)8-6-17;/h5-8H,3-4,9-16H2,1-2H3,(H2,23,24,25);1H. The van der Waals surface area contributed by atoms with Crippen molar-refractivity contribution in [3.8, 4) is 0 Å². The second-order valence-corrected chi connectivity index (χ2v) is 8.69. The first-order valence-corrected chi connectivity index (χ1v) is 10.7. The highest BCUT2D eigenvalue weighted by atomic mass is 127. The maximum Gasteiger partial charge on any atom is 0.191 e. The Morgan fingerprint density at radius 2 is 1.68 bits per heavy atom. The zero-order valence-corrected chi connectivity index (χ0v) is 20.8. The zero-order chi connectivity index (χ0) is 19.2. The average molecular weight is 566 g/mol. The van der Waals surface area contributed by atoms with Crippen molar-refractivity contribution in [1.29, 1.82) is 0 Å². The van der Waals surface area contributed by atoms with Crippen molar-refractivity contribution in [2.24, 2.45) is 4.99 Å². The van der Waals surface area contributed by atoms with Crippen LogP contribution in [0.1, 0.15) is 44.1 Å². The average Bonchev–Trinajstić information content (AvgIpc) is 3.19. The maximum atomic E-state index is 5.82. The lowest BCUT2D eigenvalue weighted by molar-refractivity contribution is -0.0855. The summed E-state index contributed by atoms with van der Waals surface area (Å²) in [5.74, 6) is 0.848. The molecule has 28 heavy (non-hydrogen) atoms. The van der Waals surface area contributed by atoms with Crippen LogP contribution >= 0.6 is 39.9 Å². The van der Waals surface area contributed by atoms with Crippen molar-refractivity contribution < 1.29 is 9.47 Å². The molecule has 5 nitrogen and oxygen atoms in total. The van der Waals surface area contributed by atoms with E-state index in [1.807, 2.05) is 7.05 Å². The maximum absolute atomic E-state index is 5.82. The van der Waals surface area contributed by atoms with Gasteiger partial charge in [-0.05, 0) is 30.5 Å². The minimum absolute atomic E-state index is 0. The molecule has 7 heteroatoms. The molecule has 1 aliphatic heterocycles. The number of halogens is 2. The van der Waals surface area contributed by atoms with E-state index in [1.54, 1.807) is 7.11 Å². The van der Waals surface area contributed by atoms with Gasteiger partial charge in [-0.3, -0.25) is 4.99 Å². The summed E-state index contributed by atoms with van der Waals surface area (Å²) in [7, 11) is 3.63. The predicted octanol–water partition coefficient (Wildman–Crippen LogP) is 4.24. The quantitative estimate of drug-likeness (QED) is 0.308. The molecule has 1 aliphatic carbocycles. The fourth-order valence-corrected chi connectivity index (χ4v) is 4.60. The van der Waals surface area contributed by atoms with Crippen LogP contribution in [-0.4, -0.2) is 52.0 Å². The van der Waals surface area contributed by atoms with E-state index in [9.17, 15) is 0 Å². The van der Waals surface area contributed by atoms with E-state index in [4.69, 9.17) is 9.47 Å². The highest BCUT2D eigenvalue weighted by Crippen LogP contribution is 2.41. The van der Waals surface area contributed by atoms with Gasteiger partial charge < -0.3 is 20.1 Å². The number of nitrogens with one attached hydrogen (secondary N) is 2. The van der Waals surface area contributed by atoms with Gasteiger partial charge in [0.05, 0.1) is 5.60 Å². The van der Waals surface area contributed by atoms with Crippen LogP contribution in [0.25, 0.3) is 0 Å². The molecule has 0 unspecified atom stereocenters. The van der Waals surface area contributed by atoms with Gasteiger partial charge in [0.15, 0.2) is 5.96 Å². The minimum atomic E-state index is -0.160. The Balaban J connectivity index is 0.00000280. The van der Waals surface area contributed by atoms with Crippen LogP contribution < -0.4 is 10.6 Å². The van der Waals surface area contributed by atoms with Crippen molar-refractivity contribution >= 4 is 45.9 Å². The summed E-state index contributed by atoms with van der Waals surface area (Å²) in [5, 5.41) is 7.07. The normalized spacial score (nSPS) is 21.0. The zero-order valence-electron chi connectivity index (χ0n) is 16.9. The summed E-state index contributed by atoms with van der Waals surface area (Å²) in [6.45, 7) is 3.16. The molecule has 158 valence electrons. The Morgan fingerprint density at radius 3 is 2.25 bits per heavy atom. The van der Waals surface area contributed by atoms with Crippen LogP contribution in [0.3, 0.4) is 0 Å². The number of rotatable bonds is 6. The van der Waals surface area contributed by atoms with Gasteiger partial charge in [-0.1, -0.05) is 40.9 Å². The van der Waals surface area contributed by atoms with E-state index in [0.717, 1.165) is 49.6 Å². The summed E-state index contributed by atoms with van der Waals surface area (Å²) in [5.41, 5.74) is 1.45. The molecule has 0 radical (unpaired) electrons. The van der Waals surface area contributed by atoms with Crippen molar-refractivity contribution in [3.05, 3.63) is 34.3 Å². The number of nitrogens with zero attached hydrogens (tertiary/aromatic N) is 1. The van der Waals surface area contributed by atoms with Crippen molar-refractivity contribution in [2.45, 2.75) is 49.5 Å². The lowest BCUT2D eigenvalue weighted by Gasteiger charge is -2.36. The largest absolute Gasteiger partial charge is 0.381 e. The van der Waals surface area contributed by atoms with Crippen LogP contribution in [0.4, 0.5) is 0 Å². The summed E-state index contributed by atoms with van der Waals surface area (Å²) >= 11 is 3.55. The number of hydrogen-bond donors (Lipinski definition) is 2. The predicted molar refractivity (Wildman–Crippen MR) is 129 cm³/mol. The lowest BCUT2D eigenvalue weighted by atomic mass is 9.79. The Kier molecular flexibility index (Phi) is 9.50. The third-order valence-corrected chi connectivity index (χ3v) is 6.78. The number of methoxy groups -OCH3 is 1. The summed E-state index contributed by atoms with van der Waals surface area (Å²) in [6.07, 6.45) is 6.84. The molecule has 0 atom stereocenters. The molecule has 2 fully saturated rings. The van der Waals surface area contributed by atoms with Gasteiger partial charge in [-0.25, -0.2) is 0 Å². The van der Waals surface area contributed by atoms with E-state index in [2.05, 4.69) is 55.8 Å². The summed E-state index contributed by atoms with van der Waals surface area (Å²) < 4.78 is 12.4. The fourth-order valence-electron chi connectivity index (χ4n) is 4.34. The Morgan fingerprint density at radius 1 is 1.07 bits per heavy atom. The first-order valence-electron chi connectivity index (χ1n) is 9.95. The number of hydrogen-bond acceptors (Lipinski definition) is 3. The van der Waals surface area contributed by atoms with Crippen LogP contribution in [-0.2, 0) is 14.9 Å². The van der Waals surface area contributed by atoms with Gasteiger partial charge in [-0.2, -0.15) is 0 Å². The fraction of sp³-hybridized carbons (Fsp3) is 0.667. The number of guanidine groups is 1. The topological polar surface area (TPSA) is 54.9 Å². The number of aliphatic imine (C=N–C) groups is 1. The van der Waals surface area contributed by atoms with E-state index < -0.39 is 0 Å². The summed E-state index contributed by atoms with van der Waals surface area (Å²) in [4.78, 5) is 4.44. The van der Waals surface area contributed by atoms with Crippen molar-refractivity contribution in [2.75, 3.05) is 40.5 Å².